The Balaban J connectivity index is 2.59. The van der Waals surface area contributed by atoms with Gasteiger partial charge in [-0.25, -0.2) is 4.39 Å². The summed E-state index contributed by atoms with van der Waals surface area (Å²) in [6.45, 7) is 0. The number of phenols is 1. The van der Waals surface area contributed by atoms with Crippen LogP contribution in [0.3, 0.4) is 0 Å². The van der Waals surface area contributed by atoms with Gasteiger partial charge in [0.2, 0.25) is 0 Å². The molecule has 0 aliphatic heterocycles. The molecule has 0 amide bonds. The average molecular weight is 263 g/mol. The quantitative estimate of drug-likeness (QED) is 0.682. The molecule has 0 fully saturated rings. The first-order valence-electron chi connectivity index (χ1n) is 5.34. The minimum atomic E-state index is -0.686. The average Bonchev–Trinajstić information content (AvgIpc) is 2.39. The van der Waals surface area contributed by atoms with E-state index in [0.717, 1.165) is 0 Å². The normalized spacial score (nSPS) is 10.2. The van der Waals surface area contributed by atoms with E-state index in [2.05, 4.69) is 0 Å². The molecule has 0 saturated carbocycles. The van der Waals surface area contributed by atoms with Crippen molar-refractivity contribution >= 4 is 5.69 Å². The van der Waals surface area contributed by atoms with Gasteiger partial charge in [0.1, 0.15) is 11.6 Å². The summed E-state index contributed by atoms with van der Waals surface area (Å²) >= 11 is 0. The maximum atomic E-state index is 13.1. The third kappa shape index (κ3) is 2.47. The van der Waals surface area contributed by atoms with Crippen molar-refractivity contribution in [1.82, 2.24) is 0 Å². The number of ether oxygens (including phenoxy) is 1. The number of benzene rings is 2. The fourth-order valence-corrected chi connectivity index (χ4v) is 1.74. The predicted molar refractivity (Wildman–Crippen MR) is 66.7 cm³/mol. The lowest BCUT2D eigenvalue weighted by molar-refractivity contribution is -0.385. The number of rotatable bonds is 3. The van der Waals surface area contributed by atoms with Crippen LogP contribution in [0.5, 0.6) is 11.5 Å². The molecule has 0 aromatic heterocycles. The Labute approximate surface area is 108 Å². The van der Waals surface area contributed by atoms with Gasteiger partial charge in [-0.2, -0.15) is 0 Å². The highest BCUT2D eigenvalue weighted by Crippen LogP contribution is 2.35. The number of aromatic hydroxyl groups is 1. The molecule has 0 aliphatic carbocycles. The molecule has 0 radical (unpaired) electrons. The lowest BCUT2D eigenvalue weighted by Crippen LogP contribution is -1.92. The second-order valence-corrected chi connectivity index (χ2v) is 3.81. The first-order valence-corrected chi connectivity index (χ1v) is 5.34. The van der Waals surface area contributed by atoms with E-state index >= 15 is 0 Å². The van der Waals surface area contributed by atoms with Crippen molar-refractivity contribution in [1.29, 1.82) is 0 Å². The van der Waals surface area contributed by atoms with E-state index in [1.165, 1.54) is 43.5 Å². The summed E-state index contributed by atoms with van der Waals surface area (Å²) < 4.78 is 18.1. The molecule has 0 aliphatic rings. The fourth-order valence-electron chi connectivity index (χ4n) is 1.74. The van der Waals surface area contributed by atoms with Crippen LogP contribution < -0.4 is 4.74 Å². The van der Waals surface area contributed by atoms with Gasteiger partial charge >= 0.3 is 5.69 Å². The van der Waals surface area contributed by atoms with Gasteiger partial charge in [0, 0.05) is 17.7 Å². The number of phenolic OH excluding ortho intramolecular Hbond substituents is 1. The van der Waals surface area contributed by atoms with Crippen LogP contribution in [0.1, 0.15) is 0 Å². The van der Waals surface area contributed by atoms with Crippen molar-refractivity contribution in [3.8, 4) is 22.6 Å². The first kappa shape index (κ1) is 12.8. The first-order chi connectivity index (χ1) is 9.02. The molecule has 2 rings (SSSR count). The highest BCUT2D eigenvalue weighted by atomic mass is 19.1. The van der Waals surface area contributed by atoms with Crippen LogP contribution in [0.15, 0.2) is 36.4 Å². The number of nitro benzene ring substituents is 1. The van der Waals surface area contributed by atoms with Crippen molar-refractivity contribution in [3.05, 3.63) is 52.3 Å². The minimum absolute atomic E-state index is 0.264. The Morgan fingerprint density at radius 1 is 1.26 bits per heavy atom. The second kappa shape index (κ2) is 4.93. The molecule has 0 bridgehead atoms. The molecule has 98 valence electrons. The van der Waals surface area contributed by atoms with E-state index < -0.39 is 22.2 Å². The Bertz CT molecular complexity index is 643. The standard InChI is InChI=1S/C13H10FNO4/c1-19-13-7-9(14)3-4-10(13)8-2-5-12(16)11(6-8)15(17)18/h2-7,16H,1H3. The summed E-state index contributed by atoms with van der Waals surface area (Å²) in [6.07, 6.45) is 0. The molecule has 0 heterocycles. The number of hydrogen-bond acceptors (Lipinski definition) is 4. The molecule has 5 nitrogen and oxygen atoms in total. The Morgan fingerprint density at radius 2 is 2.00 bits per heavy atom. The van der Waals surface area contributed by atoms with E-state index in [1.54, 1.807) is 0 Å². The summed E-state index contributed by atoms with van der Waals surface area (Å²) in [6, 6.07) is 7.81. The van der Waals surface area contributed by atoms with Crippen LogP contribution >= 0.6 is 0 Å². The molecule has 2 aromatic carbocycles. The zero-order valence-electron chi connectivity index (χ0n) is 9.96. The minimum Gasteiger partial charge on any atom is -0.502 e. The smallest absolute Gasteiger partial charge is 0.311 e. The van der Waals surface area contributed by atoms with E-state index in [4.69, 9.17) is 4.74 Å². The lowest BCUT2D eigenvalue weighted by atomic mass is 10.0. The third-order valence-electron chi connectivity index (χ3n) is 2.65. The van der Waals surface area contributed by atoms with Gasteiger partial charge in [0.25, 0.3) is 0 Å². The SMILES string of the molecule is COc1cc(F)ccc1-c1ccc(O)c([N+](=O)[O-])c1. The molecule has 0 saturated heterocycles. The molecule has 0 atom stereocenters. The van der Waals surface area contributed by atoms with Gasteiger partial charge in [-0.15, -0.1) is 0 Å². The number of methoxy groups -OCH3 is 1. The van der Waals surface area contributed by atoms with Crippen molar-refractivity contribution in [2.75, 3.05) is 7.11 Å². The van der Waals surface area contributed by atoms with Crippen LogP contribution in [0.4, 0.5) is 10.1 Å². The summed E-state index contributed by atoms with van der Waals surface area (Å²) in [5.74, 6) is -0.622. The summed E-state index contributed by atoms with van der Waals surface area (Å²) in [4.78, 5) is 10.1. The van der Waals surface area contributed by atoms with Crippen LogP contribution in [0.25, 0.3) is 11.1 Å². The van der Waals surface area contributed by atoms with Gasteiger partial charge in [0.05, 0.1) is 12.0 Å². The maximum Gasteiger partial charge on any atom is 0.311 e. The molecule has 19 heavy (non-hydrogen) atoms. The highest BCUT2D eigenvalue weighted by Gasteiger charge is 2.16. The Kier molecular flexibility index (Phi) is 3.33. The Hall–Kier alpha value is -2.63. The zero-order valence-corrected chi connectivity index (χ0v) is 9.96. The van der Waals surface area contributed by atoms with Crippen LogP contribution in [-0.4, -0.2) is 17.1 Å². The topological polar surface area (TPSA) is 72.6 Å². The number of nitrogens with zero attached hydrogens (tertiary/aromatic N) is 1. The van der Waals surface area contributed by atoms with Crippen molar-refractivity contribution in [2.45, 2.75) is 0 Å². The number of halogens is 1. The molecular weight excluding hydrogens is 253 g/mol. The molecule has 6 heteroatoms. The van der Waals surface area contributed by atoms with Crippen LogP contribution in [-0.2, 0) is 0 Å². The lowest BCUT2D eigenvalue weighted by Gasteiger charge is -2.09. The number of hydrogen-bond donors (Lipinski definition) is 1. The molecular formula is C13H10FNO4. The van der Waals surface area contributed by atoms with Gasteiger partial charge in [-0.3, -0.25) is 10.1 Å². The van der Waals surface area contributed by atoms with Crippen LogP contribution in [0, 0.1) is 15.9 Å². The van der Waals surface area contributed by atoms with E-state index in [-0.39, 0.29) is 5.75 Å². The molecule has 2 aromatic rings. The third-order valence-corrected chi connectivity index (χ3v) is 2.65. The monoisotopic (exact) mass is 263 g/mol. The highest BCUT2D eigenvalue weighted by molar-refractivity contribution is 5.73. The van der Waals surface area contributed by atoms with Gasteiger partial charge < -0.3 is 9.84 Å². The predicted octanol–water partition coefficient (Wildman–Crippen LogP) is 3.12. The summed E-state index contributed by atoms with van der Waals surface area (Å²) in [5.41, 5.74) is 0.553. The number of nitro groups is 1. The summed E-state index contributed by atoms with van der Waals surface area (Å²) in [7, 11) is 1.38. The van der Waals surface area contributed by atoms with Gasteiger partial charge in [-0.1, -0.05) is 6.07 Å². The molecule has 1 N–H and O–H groups in total. The van der Waals surface area contributed by atoms with Gasteiger partial charge in [-0.05, 0) is 23.8 Å². The second-order valence-electron chi connectivity index (χ2n) is 3.81. The fraction of sp³-hybridized carbons (Fsp3) is 0.0769. The Morgan fingerprint density at radius 3 is 2.63 bits per heavy atom. The molecule has 0 unspecified atom stereocenters. The van der Waals surface area contributed by atoms with E-state index in [0.29, 0.717) is 11.1 Å². The van der Waals surface area contributed by atoms with E-state index in [9.17, 15) is 19.6 Å². The van der Waals surface area contributed by atoms with Crippen molar-refractivity contribution < 1.29 is 19.2 Å². The zero-order chi connectivity index (χ0) is 14.0. The summed E-state index contributed by atoms with van der Waals surface area (Å²) in [5, 5.41) is 20.2. The molecule has 0 spiro atoms. The van der Waals surface area contributed by atoms with Crippen molar-refractivity contribution in [3.63, 3.8) is 0 Å². The van der Waals surface area contributed by atoms with Crippen molar-refractivity contribution in [2.24, 2.45) is 0 Å². The maximum absolute atomic E-state index is 13.1. The largest absolute Gasteiger partial charge is 0.502 e. The van der Waals surface area contributed by atoms with E-state index in [1.807, 2.05) is 0 Å². The van der Waals surface area contributed by atoms with Crippen LogP contribution in [0.2, 0.25) is 0 Å². The van der Waals surface area contributed by atoms with Gasteiger partial charge in [0.15, 0.2) is 5.75 Å².